The van der Waals surface area contributed by atoms with Crippen molar-refractivity contribution in [3.8, 4) is 5.75 Å². The zero-order chi connectivity index (χ0) is 14.9. The molecule has 1 aromatic carbocycles. The van der Waals surface area contributed by atoms with Crippen molar-refractivity contribution in [2.45, 2.75) is 30.8 Å². The summed E-state index contributed by atoms with van der Waals surface area (Å²) in [5.74, 6) is 0.617. The Hall–Kier alpha value is -0.340. The molecule has 0 aliphatic carbocycles. The number of sulfonamides is 1. The molecule has 1 aromatic rings. The Bertz CT molecular complexity index is 587. The number of hydrogen-bond acceptors (Lipinski definition) is 4. The molecule has 0 aromatic heterocycles. The second-order valence-corrected chi connectivity index (χ2v) is 7.88. The molecule has 1 fully saturated rings. The highest BCUT2D eigenvalue weighted by atomic mass is 79.9. The number of benzene rings is 1. The van der Waals surface area contributed by atoms with Crippen molar-refractivity contribution in [2.75, 3.05) is 20.2 Å². The van der Waals surface area contributed by atoms with Gasteiger partial charge in [0.05, 0.1) is 16.5 Å². The van der Waals surface area contributed by atoms with Crippen LogP contribution in [-0.2, 0) is 10.0 Å². The average Bonchev–Trinajstić information content (AvgIpc) is 2.37. The SMILES string of the molecule is COc1ccc(S(=O)(=O)N2CC(C)NC(C)C2)cc1Br.Cl. The lowest BCUT2D eigenvalue weighted by Crippen LogP contribution is -2.55. The number of nitrogens with one attached hydrogen (secondary N) is 1. The summed E-state index contributed by atoms with van der Waals surface area (Å²) in [6, 6.07) is 5.12. The Balaban J connectivity index is 0.00000220. The first-order chi connectivity index (χ1) is 9.34. The number of nitrogens with zero attached hydrogens (tertiary/aromatic N) is 1. The van der Waals surface area contributed by atoms with Gasteiger partial charge in [-0.1, -0.05) is 0 Å². The van der Waals surface area contributed by atoms with Crippen molar-refractivity contribution in [3.05, 3.63) is 22.7 Å². The summed E-state index contributed by atoms with van der Waals surface area (Å²) >= 11 is 3.33. The third-order valence-corrected chi connectivity index (χ3v) is 5.73. The normalized spacial score (nSPS) is 23.4. The highest BCUT2D eigenvalue weighted by molar-refractivity contribution is 9.10. The van der Waals surface area contributed by atoms with Gasteiger partial charge < -0.3 is 10.1 Å². The van der Waals surface area contributed by atoms with Crippen molar-refractivity contribution >= 4 is 38.4 Å². The fourth-order valence-corrected chi connectivity index (χ4v) is 4.77. The van der Waals surface area contributed by atoms with Crippen LogP contribution in [0.25, 0.3) is 0 Å². The molecule has 0 spiro atoms. The topological polar surface area (TPSA) is 58.6 Å². The molecule has 0 saturated carbocycles. The van der Waals surface area contributed by atoms with Crippen molar-refractivity contribution in [1.82, 2.24) is 9.62 Å². The van der Waals surface area contributed by atoms with E-state index in [1.54, 1.807) is 25.3 Å². The fourth-order valence-electron chi connectivity index (χ4n) is 2.43. The Labute approximate surface area is 140 Å². The van der Waals surface area contributed by atoms with Gasteiger partial charge in [0.2, 0.25) is 10.0 Å². The predicted molar refractivity (Wildman–Crippen MR) is 88.8 cm³/mol. The van der Waals surface area contributed by atoms with E-state index in [0.717, 1.165) is 0 Å². The van der Waals surface area contributed by atoms with E-state index in [1.165, 1.54) is 4.31 Å². The summed E-state index contributed by atoms with van der Waals surface area (Å²) in [6.45, 7) is 4.94. The van der Waals surface area contributed by atoms with Crippen LogP contribution in [-0.4, -0.2) is 45.0 Å². The molecule has 0 radical (unpaired) electrons. The van der Waals surface area contributed by atoms with Gasteiger partial charge in [0, 0.05) is 25.2 Å². The summed E-state index contributed by atoms with van der Waals surface area (Å²) < 4.78 is 32.6. The minimum atomic E-state index is -3.47. The van der Waals surface area contributed by atoms with Gasteiger partial charge in [0.15, 0.2) is 0 Å². The van der Waals surface area contributed by atoms with Gasteiger partial charge in [0.1, 0.15) is 5.75 Å². The first-order valence-electron chi connectivity index (χ1n) is 6.44. The minimum Gasteiger partial charge on any atom is -0.496 e. The zero-order valence-electron chi connectivity index (χ0n) is 12.2. The summed E-state index contributed by atoms with van der Waals surface area (Å²) in [7, 11) is -1.92. The van der Waals surface area contributed by atoms with Crippen LogP contribution in [0, 0.1) is 0 Å². The van der Waals surface area contributed by atoms with E-state index in [1.807, 2.05) is 13.8 Å². The molecule has 120 valence electrons. The molecule has 0 bridgehead atoms. The van der Waals surface area contributed by atoms with Crippen LogP contribution in [0.15, 0.2) is 27.6 Å². The first-order valence-corrected chi connectivity index (χ1v) is 8.67. The van der Waals surface area contributed by atoms with Gasteiger partial charge in [-0.05, 0) is 48.0 Å². The van der Waals surface area contributed by atoms with Crippen LogP contribution in [0.1, 0.15) is 13.8 Å². The molecule has 1 N–H and O–H groups in total. The molecule has 1 saturated heterocycles. The highest BCUT2D eigenvalue weighted by Crippen LogP contribution is 2.29. The smallest absolute Gasteiger partial charge is 0.243 e. The number of methoxy groups -OCH3 is 1. The molecule has 21 heavy (non-hydrogen) atoms. The van der Waals surface area contributed by atoms with E-state index >= 15 is 0 Å². The van der Waals surface area contributed by atoms with E-state index in [0.29, 0.717) is 23.3 Å². The van der Waals surface area contributed by atoms with Crippen LogP contribution in [0.5, 0.6) is 5.75 Å². The fraction of sp³-hybridized carbons (Fsp3) is 0.538. The van der Waals surface area contributed by atoms with Crippen LogP contribution in [0.3, 0.4) is 0 Å². The van der Waals surface area contributed by atoms with Crippen LogP contribution < -0.4 is 10.1 Å². The van der Waals surface area contributed by atoms with Crippen molar-refractivity contribution in [2.24, 2.45) is 0 Å². The lowest BCUT2D eigenvalue weighted by molar-refractivity contribution is 0.263. The summed E-state index contributed by atoms with van der Waals surface area (Å²) in [6.07, 6.45) is 0. The van der Waals surface area contributed by atoms with E-state index in [2.05, 4.69) is 21.2 Å². The second-order valence-electron chi connectivity index (χ2n) is 5.09. The maximum Gasteiger partial charge on any atom is 0.243 e. The summed E-state index contributed by atoms with van der Waals surface area (Å²) in [5, 5.41) is 3.33. The summed E-state index contributed by atoms with van der Waals surface area (Å²) in [5.41, 5.74) is 0. The van der Waals surface area contributed by atoms with Crippen LogP contribution in [0.4, 0.5) is 0 Å². The van der Waals surface area contributed by atoms with Gasteiger partial charge in [-0.3, -0.25) is 0 Å². The Morgan fingerprint density at radius 3 is 2.33 bits per heavy atom. The number of hydrogen-bond donors (Lipinski definition) is 1. The van der Waals surface area contributed by atoms with Crippen molar-refractivity contribution in [3.63, 3.8) is 0 Å². The predicted octanol–water partition coefficient (Wildman–Crippen LogP) is 2.25. The third-order valence-electron chi connectivity index (χ3n) is 3.29. The van der Waals surface area contributed by atoms with E-state index < -0.39 is 10.0 Å². The van der Waals surface area contributed by atoms with Gasteiger partial charge >= 0.3 is 0 Å². The molecule has 0 amide bonds. The molecular weight excluding hydrogens is 380 g/mol. The second kappa shape index (κ2) is 7.28. The molecule has 1 aliphatic rings. The lowest BCUT2D eigenvalue weighted by Gasteiger charge is -2.35. The monoisotopic (exact) mass is 398 g/mol. The van der Waals surface area contributed by atoms with E-state index in [9.17, 15) is 8.42 Å². The van der Waals surface area contributed by atoms with Gasteiger partial charge in [-0.15, -0.1) is 12.4 Å². The van der Waals surface area contributed by atoms with E-state index in [-0.39, 0.29) is 29.4 Å². The highest BCUT2D eigenvalue weighted by Gasteiger charge is 2.31. The number of halogens is 2. The van der Waals surface area contributed by atoms with Gasteiger partial charge in [-0.2, -0.15) is 4.31 Å². The lowest BCUT2D eigenvalue weighted by atomic mass is 10.2. The molecule has 1 heterocycles. The summed E-state index contributed by atoms with van der Waals surface area (Å²) in [4.78, 5) is 0.284. The Morgan fingerprint density at radius 2 is 1.86 bits per heavy atom. The molecule has 8 heteroatoms. The zero-order valence-corrected chi connectivity index (χ0v) is 15.4. The molecule has 2 atom stereocenters. The average molecular weight is 400 g/mol. The number of ether oxygens (including phenoxy) is 1. The maximum absolute atomic E-state index is 12.7. The van der Waals surface area contributed by atoms with Gasteiger partial charge in [0.25, 0.3) is 0 Å². The van der Waals surface area contributed by atoms with E-state index in [4.69, 9.17) is 4.74 Å². The first kappa shape index (κ1) is 18.7. The third kappa shape index (κ3) is 4.10. The van der Waals surface area contributed by atoms with Crippen LogP contribution >= 0.6 is 28.3 Å². The minimum absolute atomic E-state index is 0. The number of piperazine rings is 1. The van der Waals surface area contributed by atoms with Gasteiger partial charge in [-0.25, -0.2) is 8.42 Å². The Kier molecular flexibility index (Phi) is 6.49. The maximum atomic E-state index is 12.7. The largest absolute Gasteiger partial charge is 0.496 e. The molecule has 2 rings (SSSR count). The van der Waals surface area contributed by atoms with Crippen molar-refractivity contribution < 1.29 is 13.2 Å². The van der Waals surface area contributed by atoms with Crippen LogP contribution in [0.2, 0.25) is 0 Å². The number of rotatable bonds is 3. The molecule has 2 unspecified atom stereocenters. The Morgan fingerprint density at radius 1 is 1.29 bits per heavy atom. The molecule has 1 aliphatic heterocycles. The molecule has 5 nitrogen and oxygen atoms in total. The standard InChI is InChI=1S/C13H19BrN2O3S.ClH/c1-9-7-16(8-10(2)15-9)20(17,18)11-4-5-13(19-3)12(14)6-11;/h4-6,9-10,15H,7-8H2,1-3H3;1H. The quantitative estimate of drug-likeness (QED) is 0.847. The van der Waals surface area contributed by atoms with Crippen molar-refractivity contribution in [1.29, 1.82) is 0 Å². The molecular formula is C13H20BrClN2O3S.